The number of halogens is 2. The minimum absolute atomic E-state index is 0. The van der Waals surface area contributed by atoms with Gasteiger partial charge in [-0.15, -0.1) is 12.4 Å². The summed E-state index contributed by atoms with van der Waals surface area (Å²) in [6.45, 7) is 2.12. The highest BCUT2D eigenvalue weighted by Gasteiger charge is 2.07. The Kier molecular flexibility index (Phi) is 9.15. The molecule has 0 spiro atoms. The summed E-state index contributed by atoms with van der Waals surface area (Å²) in [4.78, 5) is 0. The van der Waals surface area contributed by atoms with Gasteiger partial charge in [-0.05, 0) is 42.3 Å². The summed E-state index contributed by atoms with van der Waals surface area (Å²) in [5.74, 6) is 1.44. The molecule has 0 aliphatic rings. The Morgan fingerprint density at radius 3 is 2.36 bits per heavy atom. The lowest BCUT2D eigenvalue weighted by atomic mass is 10.1. The smallest absolute Gasteiger partial charge is 0.161 e. The van der Waals surface area contributed by atoms with E-state index in [9.17, 15) is 0 Å². The van der Waals surface area contributed by atoms with E-state index in [0.29, 0.717) is 17.4 Å². The first kappa shape index (κ1) is 22.1. The number of benzene rings is 3. The second-order valence-electron chi connectivity index (χ2n) is 6.28. The maximum absolute atomic E-state index is 6.19. The fourth-order valence-electron chi connectivity index (χ4n) is 2.82. The molecule has 3 aromatic carbocycles. The first-order valence-electron chi connectivity index (χ1n) is 9.04. The Hall–Kier alpha value is -2.20. The predicted molar refractivity (Wildman–Crippen MR) is 118 cm³/mol. The molecule has 0 saturated carbocycles. The number of hydrogen-bond donors (Lipinski definition) is 1. The average Bonchev–Trinajstić information content (AvgIpc) is 2.72. The molecule has 148 valence electrons. The van der Waals surface area contributed by atoms with Crippen LogP contribution in [0, 0.1) is 0 Å². The molecule has 0 aliphatic carbocycles. The minimum atomic E-state index is 0. The van der Waals surface area contributed by atoms with E-state index < -0.39 is 0 Å². The first-order valence-corrected chi connectivity index (χ1v) is 9.42. The van der Waals surface area contributed by atoms with Crippen molar-refractivity contribution in [2.45, 2.75) is 19.6 Å². The quantitative estimate of drug-likeness (QED) is 0.454. The summed E-state index contributed by atoms with van der Waals surface area (Å²) in [5.41, 5.74) is 3.45. The van der Waals surface area contributed by atoms with E-state index in [4.69, 9.17) is 21.1 Å². The van der Waals surface area contributed by atoms with Crippen LogP contribution >= 0.6 is 24.0 Å². The maximum atomic E-state index is 6.19. The highest BCUT2D eigenvalue weighted by Crippen LogP contribution is 2.29. The molecule has 0 bridgehead atoms. The fraction of sp³-hybridized carbons (Fsp3) is 0.217. The number of ether oxygens (including phenoxy) is 2. The van der Waals surface area contributed by atoms with Crippen LogP contribution < -0.4 is 14.8 Å². The molecule has 0 unspecified atom stereocenters. The first-order chi connectivity index (χ1) is 13.3. The highest BCUT2D eigenvalue weighted by molar-refractivity contribution is 6.31. The van der Waals surface area contributed by atoms with Gasteiger partial charge in [0.05, 0.1) is 7.11 Å². The lowest BCUT2D eigenvalue weighted by Gasteiger charge is -2.13. The van der Waals surface area contributed by atoms with Crippen molar-refractivity contribution in [3.63, 3.8) is 0 Å². The van der Waals surface area contributed by atoms with Gasteiger partial charge in [-0.3, -0.25) is 0 Å². The zero-order chi connectivity index (χ0) is 18.9. The molecule has 28 heavy (non-hydrogen) atoms. The van der Waals surface area contributed by atoms with E-state index >= 15 is 0 Å². The molecule has 0 heterocycles. The lowest BCUT2D eigenvalue weighted by molar-refractivity contribution is 0.284. The second-order valence-corrected chi connectivity index (χ2v) is 6.68. The second kappa shape index (κ2) is 11.6. The van der Waals surface area contributed by atoms with Crippen LogP contribution in [-0.2, 0) is 19.6 Å². The Bertz CT molecular complexity index is 856. The van der Waals surface area contributed by atoms with Gasteiger partial charge in [0.1, 0.15) is 6.61 Å². The van der Waals surface area contributed by atoms with E-state index in [1.54, 1.807) is 7.11 Å². The molecular formula is C23H25Cl2NO2. The van der Waals surface area contributed by atoms with Crippen molar-refractivity contribution >= 4 is 24.0 Å². The largest absolute Gasteiger partial charge is 0.493 e. The molecule has 3 rings (SSSR count). The summed E-state index contributed by atoms with van der Waals surface area (Å²) in [7, 11) is 1.66. The fourth-order valence-corrected chi connectivity index (χ4v) is 3.01. The summed E-state index contributed by atoms with van der Waals surface area (Å²) >= 11 is 6.19. The van der Waals surface area contributed by atoms with Crippen LogP contribution in [0.5, 0.6) is 11.5 Å². The van der Waals surface area contributed by atoms with Gasteiger partial charge in [0.25, 0.3) is 0 Å². The third-order valence-corrected chi connectivity index (χ3v) is 4.70. The van der Waals surface area contributed by atoms with Crippen LogP contribution in [0.15, 0.2) is 72.8 Å². The van der Waals surface area contributed by atoms with Gasteiger partial charge in [-0.1, -0.05) is 66.2 Å². The van der Waals surface area contributed by atoms with E-state index in [-0.39, 0.29) is 12.4 Å². The molecule has 0 amide bonds. The summed E-state index contributed by atoms with van der Waals surface area (Å²) in [6.07, 6.45) is 1.01. The third-order valence-electron chi connectivity index (χ3n) is 4.33. The molecule has 3 aromatic rings. The van der Waals surface area contributed by atoms with Crippen molar-refractivity contribution in [2.24, 2.45) is 0 Å². The van der Waals surface area contributed by atoms with Crippen molar-refractivity contribution in [3.8, 4) is 11.5 Å². The van der Waals surface area contributed by atoms with Crippen LogP contribution in [-0.4, -0.2) is 13.7 Å². The molecule has 1 N–H and O–H groups in total. The van der Waals surface area contributed by atoms with Gasteiger partial charge in [0.2, 0.25) is 0 Å². The normalized spacial score (nSPS) is 10.2. The number of methoxy groups -OCH3 is 1. The zero-order valence-electron chi connectivity index (χ0n) is 15.9. The molecular weight excluding hydrogens is 393 g/mol. The molecule has 0 aromatic heterocycles. The highest BCUT2D eigenvalue weighted by atomic mass is 35.5. The molecule has 0 atom stereocenters. The monoisotopic (exact) mass is 417 g/mol. The topological polar surface area (TPSA) is 30.5 Å². The van der Waals surface area contributed by atoms with E-state index in [1.807, 2.05) is 42.5 Å². The van der Waals surface area contributed by atoms with Gasteiger partial charge >= 0.3 is 0 Å². The maximum Gasteiger partial charge on any atom is 0.161 e. The summed E-state index contributed by atoms with van der Waals surface area (Å²) in [5, 5.41) is 4.18. The van der Waals surface area contributed by atoms with Gasteiger partial charge in [0.15, 0.2) is 11.5 Å². The van der Waals surface area contributed by atoms with Crippen molar-refractivity contribution in [2.75, 3.05) is 13.7 Å². The Morgan fingerprint density at radius 1 is 0.857 bits per heavy atom. The average molecular weight is 418 g/mol. The van der Waals surface area contributed by atoms with Crippen molar-refractivity contribution < 1.29 is 9.47 Å². The van der Waals surface area contributed by atoms with Gasteiger partial charge in [-0.2, -0.15) is 0 Å². The van der Waals surface area contributed by atoms with E-state index in [0.717, 1.165) is 36.4 Å². The number of hydrogen-bond acceptors (Lipinski definition) is 3. The van der Waals surface area contributed by atoms with Crippen molar-refractivity contribution in [1.82, 2.24) is 5.32 Å². The van der Waals surface area contributed by atoms with Gasteiger partial charge in [0, 0.05) is 17.1 Å². The Morgan fingerprint density at radius 2 is 1.61 bits per heavy atom. The van der Waals surface area contributed by atoms with Gasteiger partial charge in [-0.25, -0.2) is 0 Å². The van der Waals surface area contributed by atoms with Crippen LogP contribution in [0.3, 0.4) is 0 Å². The summed E-state index contributed by atoms with van der Waals surface area (Å²) in [6, 6.07) is 24.2. The van der Waals surface area contributed by atoms with E-state index in [1.165, 1.54) is 5.56 Å². The van der Waals surface area contributed by atoms with Crippen LogP contribution in [0.4, 0.5) is 0 Å². The molecule has 0 saturated heterocycles. The molecule has 5 heteroatoms. The van der Waals surface area contributed by atoms with Crippen LogP contribution in [0.2, 0.25) is 5.02 Å². The zero-order valence-corrected chi connectivity index (χ0v) is 17.4. The summed E-state index contributed by atoms with van der Waals surface area (Å²) < 4.78 is 11.4. The molecule has 0 fully saturated rings. The minimum Gasteiger partial charge on any atom is -0.493 e. The third kappa shape index (κ3) is 6.45. The Labute approximate surface area is 178 Å². The lowest BCUT2D eigenvalue weighted by Crippen LogP contribution is -2.16. The van der Waals surface area contributed by atoms with E-state index in [2.05, 4.69) is 35.6 Å². The molecule has 0 aliphatic heterocycles. The predicted octanol–water partition coefficient (Wildman–Crippen LogP) is 5.68. The Balaban J connectivity index is 0.00000280. The van der Waals surface area contributed by atoms with Crippen LogP contribution in [0.25, 0.3) is 0 Å². The SMILES string of the molecule is COc1cc(CNCCc2ccccc2)ccc1OCc1ccccc1Cl.Cl. The number of nitrogens with one attached hydrogen (secondary N) is 1. The van der Waals surface area contributed by atoms with Crippen molar-refractivity contribution in [1.29, 1.82) is 0 Å². The van der Waals surface area contributed by atoms with Crippen LogP contribution in [0.1, 0.15) is 16.7 Å². The van der Waals surface area contributed by atoms with Gasteiger partial charge < -0.3 is 14.8 Å². The van der Waals surface area contributed by atoms with Crippen molar-refractivity contribution in [3.05, 3.63) is 94.5 Å². The standard InChI is InChI=1S/C23H24ClNO2.ClH/c1-26-23-15-19(16-25-14-13-18-7-3-2-4-8-18)11-12-22(23)27-17-20-9-5-6-10-21(20)24;/h2-12,15,25H,13-14,16-17H2,1H3;1H. The molecule has 0 radical (unpaired) electrons. The number of rotatable bonds is 9. The molecule has 3 nitrogen and oxygen atoms in total.